The van der Waals surface area contributed by atoms with Gasteiger partial charge in [-0.2, -0.15) is 0 Å². The van der Waals surface area contributed by atoms with Crippen LogP contribution >= 0.6 is 0 Å². The number of carbonyl (C=O) groups is 1. The number of rotatable bonds is 5. The summed E-state index contributed by atoms with van der Waals surface area (Å²) >= 11 is 0. The van der Waals surface area contributed by atoms with Gasteiger partial charge in [-0.1, -0.05) is 0 Å². The van der Waals surface area contributed by atoms with Gasteiger partial charge >= 0.3 is 0 Å². The van der Waals surface area contributed by atoms with Gasteiger partial charge in [0.2, 0.25) is 5.91 Å². The monoisotopic (exact) mass is 467 g/mol. The topological polar surface area (TPSA) is 117 Å². The molecule has 182 valence electrons. The lowest BCUT2D eigenvalue weighted by atomic mass is 10.2. The molecule has 2 aromatic heterocycles. The summed E-state index contributed by atoms with van der Waals surface area (Å²) in [6.07, 6.45) is 5.00. The maximum absolute atomic E-state index is 12.0. The van der Waals surface area contributed by atoms with Crippen LogP contribution in [0.2, 0.25) is 0 Å². The van der Waals surface area contributed by atoms with Gasteiger partial charge in [0.25, 0.3) is 0 Å². The average Bonchev–Trinajstić information content (AvgIpc) is 3.15. The van der Waals surface area contributed by atoms with Crippen molar-refractivity contribution in [2.24, 2.45) is 15.7 Å². The Morgan fingerprint density at radius 1 is 1.26 bits per heavy atom. The molecular weight excluding hydrogens is 434 g/mol. The van der Waals surface area contributed by atoms with Crippen LogP contribution in [-0.4, -0.2) is 102 Å². The molecule has 11 heteroatoms. The van der Waals surface area contributed by atoms with Crippen LogP contribution in [0.4, 0.5) is 5.82 Å². The number of amides is 1. The van der Waals surface area contributed by atoms with E-state index in [1.54, 1.807) is 19.0 Å². The molecule has 0 radical (unpaired) electrons. The van der Waals surface area contributed by atoms with Crippen LogP contribution in [0.1, 0.15) is 19.5 Å². The van der Waals surface area contributed by atoms with Crippen molar-refractivity contribution in [1.82, 2.24) is 24.3 Å². The van der Waals surface area contributed by atoms with Crippen LogP contribution < -0.4 is 15.4 Å². The van der Waals surface area contributed by atoms with Crippen LogP contribution in [0, 0.1) is 0 Å². The molecule has 1 fully saturated rings. The predicted octanol–water partition coefficient (Wildman–Crippen LogP) is 0.690. The first-order valence-electron chi connectivity index (χ1n) is 11.6. The number of amidine groups is 1. The number of hydrogen-bond donors (Lipinski definition) is 1. The first kappa shape index (κ1) is 23.7. The molecule has 0 aromatic carbocycles. The molecule has 1 saturated heterocycles. The summed E-state index contributed by atoms with van der Waals surface area (Å²) in [4.78, 5) is 36.3. The Morgan fingerprint density at radius 3 is 2.71 bits per heavy atom. The third kappa shape index (κ3) is 5.19. The summed E-state index contributed by atoms with van der Waals surface area (Å²) < 4.78 is 8.11. The van der Waals surface area contributed by atoms with E-state index in [2.05, 4.69) is 19.8 Å². The van der Waals surface area contributed by atoms with Gasteiger partial charge in [-0.15, -0.1) is 0 Å². The summed E-state index contributed by atoms with van der Waals surface area (Å²) in [5, 5.41) is 0. The molecule has 2 N–H and O–H groups in total. The maximum atomic E-state index is 12.0. The van der Waals surface area contributed by atoms with Gasteiger partial charge in [0.15, 0.2) is 5.84 Å². The second kappa shape index (κ2) is 10.2. The van der Waals surface area contributed by atoms with E-state index in [4.69, 9.17) is 20.4 Å². The van der Waals surface area contributed by atoms with Crippen LogP contribution in [0.25, 0.3) is 11.4 Å². The average molecular weight is 468 g/mol. The van der Waals surface area contributed by atoms with Crippen LogP contribution in [0.15, 0.2) is 28.4 Å². The quantitative estimate of drug-likeness (QED) is 0.508. The smallest absolute Gasteiger partial charge is 0.236 e. The fraction of sp³-hybridized carbons (Fsp3) is 0.522. The molecule has 2 aromatic rings. The number of nitrogens with two attached hydrogens (primary N) is 1. The Labute approximate surface area is 199 Å². The first-order chi connectivity index (χ1) is 16.4. The van der Waals surface area contributed by atoms with Crippen molar-refractivity contribution in [1.29, 1.82) is 0 Å². The zero-order valence-electron chi connectivity index (χ0n) is 20.3. The van der Waals surface area contributed by atoms with E-state index < -0.39 is 0 Å². The number of piperazine rings is 1. The third-order valence-corrected chi connectivity index (χ3v) is 5.82. The molecule has 0 aliphatic carbocycles. The van der Waals surface area contributed by atoms with Gasteiger partial charge in [0, 0.05) is 64.8 Å². The molecule has 34 heavy (non-hydrogen) atoms. The minimum absolute atomic E-state index is 0.0709. The number of nitrogens with zero attached hydrogens (tertiary/aromatic N) is 8. The number of carbonyl (C=O) groups excluding carboxylic acids is 1. The van der Waals surface area contributed by atoms with Gasteiger partial charge in [-0.05, 0) is 13.8 Å². The van der Waals surface area contributed by atoms with Crippen molar-refractivity contribution in [3.05, 3.63) is 24.2 Å². The summed E-state index contributed by atoms with van der Waals surface area (Å²) in [5.74, 6) is 3.04. The van der Waals surface area contributed by atoms with E-state index in [1.165, 1.54) is 6.34 Å². The second-order valence-corrected chi connectivity index (χ2v) is 8.91. The van der Waals surface area contributed by atoms with Crippen molar-refractivity contribution < 1.29 is 9.53 Å². The molecule has 2 aliphatic heterocycles. The number of pyridine rings is 1. The number of hydrogen-bond acceptors (Lipinski definition) is 7. The van der Waals surface area contributed by atoms with Crippen LogP contribution in [0.5, 0.6) is 5.75 Å². The zero-order chi connectivity index (χ0) is 24.2. The Kier molecular flexibility index (Phi) is 7.11. The summed E-state index contributed by atoms with van der Waals surface area (Å²) in [7, 11) is 3.58. The highest BCUT2D eigenvalue weighted by molar-refractivity contribution is 6.01. The van der Waals surface area contributed by atoms with Gasteiger partial charge in [0.05, 0.1) is 25.0 Å². The fourth-order valence-electron chi connectivity index (χ4n) is 4.00. The van der Waals surface area contributed by atoms with E-state index in [0.717, 1.165) is 49.1 Å². The van der Waals surface area contributed by atoms with Gasteiger partial charge < -0.3 is 24.8 Å². The lowest BCUT2D eigenvalue weighted by Crippen LogP contribution is -2.49. The summed E-state index contributed by atoms with van der Waals surface area (Å²) in [6, 6.07) is 2.06. The third-order valence-electron chi connectivity index (χ3n) is 5.82. The van der Waals surface area contributed by atoms with E-state index in [0.29, 0.717) is 31.2 Å². The van der Waals surface area contributed by atoms with E-state index >= 15 is 0 Å². The normalized spacial score (nSPS) is 16.9. The zero-order valence-corrected chi connectivity index (χ0v) is 20.3. The number of aromatic nitrogens is 3. The molecule has 4 rings (SSSR count). The largest absolute Gasteiger partial charge is 0.491 e. The van der Waals surface area contributed by atoms with Crippen LogP contribution in [0.3, 0.4) is 0 Å². The fourth-order valence-corrected chi connectivity index (χ4v) is 4.00. The molecule has 11 nitrogen and oxygen atoms in total. The molecular formula is C23H33N9O2. The molecule has 1 amide bonds. The summed E-state index contributed by atoms with van der Waals surface area (Å²) in [5.41, 5.74) is 7.04. The first-order valence-corrected chi connectivity index (χ1v) is 11.6. The van der Waals surface area contributed by atoms with Crippen LogP contribution in [-0.2, 0) is 11.3 Å². The Bertz CT molecular complexity index is 1080. The van der Waals surface area contributed by atoms with Gasteiger partial charge in [-0.3, -0.25) is 14.7 Å². The highest BCUT2D eigenvalue weighted by Gasteiger charge is 2.24. The number of aliphatic imine (C=N–C) groups is 2. The Morgan fingerprint density at radius 2 is 2.03 bits per heavy atom. The molecule has 0 spiro atoms. The van der Waals surface area contributed by atoms with Gasteiger partial charge in [-0.25, -0.2) is 15.0 Å². The lowest BCUT2D eigenvalue weighted by Gasteiger charge is -2.35. The number of anilines is 1. The Hall–Kier alpha value is -3.47. The SMILES string of the molecule is CC(C)N=C(N=CN)c1cn2c(n1)-c1cnc(N3CCN(CC(=O)N(C)C)CC3)cc1OCC2. The highest BCUT2D eigenvalue weighted by Crippen LogP contribution is 2.34. The highest BCUT2D eigenvalue weighted by atomic mass is 16.5. The van der Waals surface area contributed by atoms with Crippen molar-refractivity contribution in [3.8, 4) is 17.1 Å². The number of ether oxygens (including phenoxy) is 1. The van der Waals surface area contributed by atoms with E-state index in [1.807, 2.05) is 36.9 Å². The van der Waals surface area contributed by atoms with Crippen molar-refractivity contribution >= 4 is 23.9 Å². The molecule has 0 bridgehead atoms. The van der Waals surface area contributed by atoms with Crippen molar-refractivity contribution in [2.45, 2.75) is 26.4 Å². The molecule has 4 heterocycles. The standard InChI is InChI=1S/C23H33N9O2/c1-16(2)27-22(26-15-24)18-13-32-9-10-34-19-11-20(25-12-17(19)23(32)28-18)31-7-5-30(6-8-31)14-21(33)29(3)4/h11-13,15-16H,5-10,14H2,1-4H3,(H2,24,26,27). The molecule has 0 unspecified atom stereocenters. The van der Waals surface area contributed by atoms with E-state index in [-0.39, 0.29) is 11.9 Å². The molecule has 0 saturated carbocycles. The minimum atomic E-state index is 0.0709. The Balaban J connectivity index is 1.54. The van der Waals surface area contributed by atoms with Crippen molar-refractivity contribution in [3.63, 3.8) is 0 Å². The number of likely N-dealkylation sites (N-methyl/N-ethyl adjacent to an activating group) is 1. The van der Waals surface area contributed by atoms with Gasteiger partial charge in [0.1, 0.15) is 29.7 Å². The molecule has 0 atom stereocenters. The minimum Gasteiger partial charge on any atom is -0.491 e. The number of imidazole rings is 1. The number of fused-ring (bicyclic) bond motifs is 3. The predicted molar refractivity (Wildman–Crippen MR) is 133 cm³/mol. The molecule has 2 aliphatic rings. The lowest BCUT2D eigenvalue weighted by molar-refractivity contribution is -0.129. The van der Waals surface area contributed by atoms with Crippen molar-refractivity contribution in [2.75, 3.05) is 58.3 Å². The van der Waals surface area contributed by atoms with E-state index in [9.17, 15) is 4.79 Å². The summed E-state index contributed by atoms with van der Waals surface area (Å²) in [6.45, 7) is 8.84. The second-order valence-electron chi connectivity index (χ2n) is 8.91. The maximum Gasteiger partial charge on any atom is 0.236 e.